The molecule has 0 fully saturated rings. The molecule has 0 saturated carbocycles. The molecule has 0 aliphatic rings. The standard InChI is InChI=1S/C11H10F3N3S/c12-11(13,14)8-5-7(15)1-2-9(8)17-6-10-16-3-4-18-10/h1-5,17H,6,15H2. The van der Waals surface area contributed by atoms with Gasteiger partial charge in [0.1, 0.15) is 5.01 Å². The molecule has 7 heteroatoms. The van der Waals surface area contributed by atoms with Crippen LogP contribution in [0.5, 0.6) is 0 Å². The van der Waals surface area contributed by atoms with Crippen molar-refractivity contribution in [2.75, 3.05) is 11.1 Å². The Labute approximate surface area is 105 Å². The Morgan fingerprint density at radius 2 is 2.11 bits per heavy atom. The maximum Gasteiger partial charge on any atom is 0.418 e. The van der Waals surface area contributed by atoms with Gasteiger partial charge < -0.3 is 11.1 Å². The predicted molar refractivity (Wildman–Crippen MR) is 65.3 cm³/mol. The monoisotopic (exact) mass is 273 g/mol. The summed E-state index contributed by atoms with van der Waals surface area (Å²) >= 11 is 1.38. The number of aromatic nitrogens is 1. The first-order valence-electron chi connectivity index (χ1n) is 5.06. The van der Waals surface area contributed by atoms with Crippen LogP contribution in [0.25, 0.3) is 0 Å². The number of nitrogens with one attached hydrogen (secondary N) is 1. The summed E-state index contributed by atoms with van der Waals surface area (Å²) in [5, 5.41) is 5.21. The van der Waals surface area contributed by atoms with Crippen molar-refractivity contribution >= 4 is 22.7 Å². The molecular formula is C11H10F3N3S. The average Bonchev–Trinajstić information content (AvgIpc) is 2.79. The third-order valence-corrected chi connectivity index (χ3v) is 3.04. The van der Waals surface area contributed by atoms with Gasteiger partial charge >= 0.3 is 6.18 Å². The van der Waals surface area contributed by atoms with Gasteiger partial charge in [-0.15, -0.1) is 11.3 Å². The van der Waals surface area contributed by atoms with E-state index in [1.54, 1.807) is 11.6 Å². The number of rotatable bonds is 3. The molecule has 1 aromatic heterocycles. The van der Waals surface area contributed by atoms with Gasteiger partial charge in [0, 0.05) is 23.0 Å². The molecule has 0 atom stereocenters. The Bertz CT molecular complexity index is 523. The van der Waals surface area contributed by atoms with Crippen LogP contribution in [0.1, 0.15) is 10.6 Å². The third kappa shape index (κ3) is 2.92. The van der Waals surface area contributed by atoms with Crippen LogP contribution >= 0.6 is 11.3 Å². The molecule has 18 heavy (non-hydrogen) atoms. The number of alkyl halides is 3. The Kier molecular flexibility index (Phi) is 3.42. The largest absolute Gasteiger partial charge is 0.418 e. The molecule has 3 nitrogen and oxygen atoms in total. The van der Waals surface area contributed by atoms with Gasteiger partial charge in [0.05, 0.1) is 12.1 Å². The lowest BCUT2D eigenvalue weighted by atomic mass is 10.1. The van der Waals surface area contributed by atoms with Crippen molar-refractivity contribution in [2.45, 2.75) is 12.7 Å². The number of nitrogens with zero attached hydrogens (tertiary/aromatic N) is 1. The van der Waals surface area contributed by atoms with E-state index in [2.05, 4.69) is 10.3 Å². The minimum atomic E-state index is -4.43. The number of hydrogen-bond acceptors (Lipinski definition) is 4. The lowest BCUT2D eigenvalue weighted by Crippen LogP contribution is -2.11. The minimum Gasteiger partial charge on any atom is -0.399 e. The van der Waals surface area contributed by atoms with E-state index < -0.39 is 11.7 Å². The lowest BCUT2D eigenvalue weighted by molar-refractivity contribution is -0.136. The highest BCUT2D eigenvalue weighted by Crippen LogP contribution is 2.36. The van der Waals surface area contributed by atoms with E-state index in [-0.39, 0.29) is 17.9 Å². The Morgan fingerprint density at radius 1 is 1.33 bits per heavy atom. The highest BCUT2D eigenvalue weighted by Gasteiger charge is 2.33. The van der Waals surface area contributed by atoms with Crippen LogP contribution in [0.2, 0.25) is 0 Å². The molecule has 0 unspecified atom stereocenters. The van der Waals surface area contributed by atoms with E-state index in [0.717, 1.165) is 11.1 Å². The molecule has 0 saturated heterocycles. The van der Waals surface area contributed by atoms with E-state index in [1.807, 2.05) is 0 Å². The van der Waals surface area contributed by atoms with Crippen LogP contribution in [0, 0.1) is 0 Å². The van der Waals surface area contributed by atoms with Gasteiger partial charge in [-0.05, 0) is 18.2 Å². The maximum atomic E-state index is 12.8. The van der Waals surface area contributed by atoms with Gasteiger partial charge in [0.2, 0.25) is 0 Å². The van der Waals surface area contributed by atoms with E-state index in [0.29, 0.717) is 0 Å². The van der Waals surface area contributed by atoms with Gasteiger partial charge in [0.25, 0.3) is 0 Å². The highest BCUT2D eigenvalue weighted by atomic mass is 32.1. The van der Waals surface area contributed by atoms with E-state index in [1.165, 1.54) is 23.5 Å². The maximum absolute atomic E-state index is 12.8. The summed E-state index contributed by atoms with van der Waals surface area (Å²) in [4.78, 5) is 3.99. The first-order chi connectivity index (χ1) is 8.47. The Balaban J connectivity index is 2.22. The molecule has 0 aliphatic carbocycles. The Hall–Kier alpha value is -1.76. The SMILES string of the molecule is Nc1ccc(NCc2nccs2)c(C(F)(F)F)c1. The molecule has 2 aromatic rings. The number of benzene rings is 1. The number of thiazole rings is 1. The molecule has 1 heterocycles. The zero-order chi connectivity index (χ0) is 13.2. The number of nitrogens with two attached hydrogens (primary N) is 1. The molecule has 2 rings (SSSR count). The molecule has 1 aromatic carbocycles. The van der Waals surface area contributed by atoms with Crippen molar-refractivity contribution in [2.24, 2.45) is 0 Å². The zero-order valence-electron chi connectivity index (χ0n) is 9.16. The van der Waals surface area contributed by atoms with E-state index in [9.17, 15) is 13.2 Å². The van der Waals surface area contributed by atoms with Crippen LogP contribution in [0.15, 0.2) is 29.8 Å². The van der Waals surface area contributed by atoms with Gasteiger partial charge in [-0.2, -0.15) is 13.2 Å². The third-order valence-electron chi connectivity index (χ3n) is 2.26. The quantitative estimate of drug-likeness (QED) is 0.843. The van der Waals surface area contributed by atoms with Crippen molar-refractivity contribution in [3.63, 3.8) is 0 Å². The van der Waals surface area contributed by atoms with Gasteiger partial charge in [0.15, 0.2) is 0 Å². The van der Waals surface area contributed by atoms with E-state index in [4.69, 9.17) is 5.73 Å². The molecule has 0 bridgehead atoms. The smallest absolute Gasteiger partial charge is 0.399 e. The summed E-state index contributed by atoms with van der Waals surface area (Å²) in [6, 6.07) is 3.68. The average molecular weight is 273 g/mol. The van der Waals surface area contributed by atoms with Crippen molar-refractivity contribution < 1.29 is 13.2 Å². The molecule has 0 amide bonds. The predicted octanol–water partition coefficient (Wildman–Crippen LogP) is 3.36. The van der Waals surface area contributed by atoms with Crippen LogP contribution in [0.3, 0.4) is 0 Å². The minimum absolute atomic E-state index is 0.00639. The summed E-state index contributed by atoms with van der Waals surface area (Å²) in [5.41, 5.74) is 4.70. The first kappa shape index (κ1) is 12.7. The van der Waals surface area contributed by atoms with Crippen LogP contribution < -0.4 is 11.1 Å². The number of halogens is 3. The topological polar surface area (TPSA) is 50.9 Å². The summed E-state index contributed by atoms with van der Waals surface area (Å²) < 4.78 is 38.4. The lowest BCUT2D eigenvalue weighted by Gasteiger charge is -2.14. The van der Waals surface area contributed by atoms with E-state index >= 15 is 0 Å². The zero-order valence-corrected chi connectivity index (χ0v) is 9.98. The van der Waals surface area contributed by atoms with Gasteiger partial charge in [-0.1, -0.05) is 0 Å². The fourth-order valence-corrected chi connectivity index (χ4v) is 2.02. The van der Waals surface area contributed by atoms with Crippen molar-refractivity contribution in [3.8, 4) is 0 Å². The first-order valence-corrected chi connectivity index (χ1v) is 5.94. The Morgan fingerprint density at radius 3 is 2.72 bits per heavy atom. The molecule has 0 radical (unpaired) electrons. The molecule has 96 valence electrons. The van der Waals surface area contributed by atoms with Crippen LogP contribution in [-0.4, -0.2) is 4.98 Å². The summed E-state index contributed by atoms with van der Waals surface area (Å²) in [7, 11) is 0. The van der Waals surface area contributed by atoms with Gasteiger partial charge in [-0.25, -0.2) is 4.98 Å². The normalized spacial score (nSPS) is 11.5. The summed E-state index contributed by atoms with van der Waals surface area (Å²) in [6.45, 7) is 0.255. The molecular weight excluding hydrogens is 263 g/mol. The van der Waals surface area contributed by atoms with Crippen molar-refractivity contribution in [1.29, 1.82) is 0 Å². The fraction of sp³-hybridized carbons (Fsp3) is 0.182. The van der Waals surface area contributed by atoms with Crippen molar-refractivity contribution in [3.05, 3.63) is 40.3 Å². The summed E-state index contributed by atoms with van der Waals surface area (Å²) in [6.07, 6.45) is -2.82. The molecule has 0 spiro atoms. The molecule has 0 aliphatic heterocycles. The van der Waals surface area contributed by atoms with Crippen LogP contribution in [0.4, 0.5) is 24.5 Å². The van der Waals surface area contributed by atoms with Crippen LogP contribution in [-0.2, 0) is 12.7 Å². The molecule has 3 N–H and O–H groups in total. The second-order valence-electron chi connectivity index (χ2n) is 3.58. The van der Waals surface area contributed by atoms with Crippen molar-refractivity contribution in [1.82, 2.24) is 4.98 Å². The summed E-state index contributed by atoms with van der Waals surface area (Å²) in [5.74, 6) is 0. The fourth-order valence-electron chi connectivity index (χ4n) is 1.46. The number of anilines is 2. The second kappa shape index (κ2) is 4.85. The van der Waals surface area contributed by atoms with Gasteiger partial charge in [-0.3, -0.25) is 0 Å². The number of hydrogen-bond donors (Lipinski definition) is 2. The number of nitrogen functional groups attached to an aromatic ring is 1. The highest BCUT2D eigenvalue weighted by molar-refractivity contribution is 7.09. The second-order valence-corrected chi connectivity index (χ2v) is 4.56.